The van der Waals surface area contributed by atoms with E-state index in [-0.39, 0.29) is 24.0 Å². The van der Waals surface area contributed by atoms with E-state index in [9.17, 15) is 0 Å². The van der Waals surface area contributed by atoms with Crippen LogP contribution in [0.4, 0.5) is 0 Å². The molecule has 1 fully saturated rings. The fourth-order valence-electron chi connectivity index (χ4n) is 3.04. The molecule has 1 aromatic carbocycles. The molecule has 6 heteroatoms. The Hall–Kier alpha value is -1.02. The lowest BCUT2D eigenvalue weighted by atomic mass is 10.1. The Labute approximate surface area is 176 Å². The van der Waals surface area contributed by atoms with Gasteiger partial charge in [-0.1, -0.05) is 12.1 Å². The second-order valence-corrected chi connectivity index (χ2v) is 6.99. The Morgan fingerprint density at radius 3 is 2.58 bits per heavy atom. The van der Waals surface area contributed by atoms with Crippen molar-refractivity contribution >= 4 is 29.9 Å². The largest absolute Gasteiger partial charge is 0.494 e. The number of hydrogen-bond acceptors (Lipinski definition) is 3. The molecule has 1 atom stereocenters. The Balaban J connectivity index is 0.00000338. The number of aryl methyl sites for hydroxylation is 1. The van der Waals surface area contributed by atoms with Crippen molar-refractivity contribution < 1.29 is 4.74 Å². The molecule has 1 unspecified atom stereocenters. The fourth-order valence-corrected chi connectivity index (χ4v) is 3.04. The number of ether oxygens (including phenoxy) is 1. The number of nitrogens with zero attached hydrogens (tertiary/aromatic N) is 2. The van der Waals surface area contributed by atoms with Crippen LogP contribution in [0.3, 0.4) is 0 Å². The van der Waals surface area contributed by atoms with Crippen molar-refractivity contribution in [1.29, 1.82) is 0 Å². The number of guanidine groups is 1. The van der Waals surface area contributed by atoms with Crippen LogP contribution in [-0.4, -0.2) is 50.7 Å². The van der Waals surface area contributed by atoms with Crippen LogP contribution in [0.1, 0.15) is 37.8 Å². The summed E-state index contributed by atoms with van der Waals surface area (Å²) in [7, 11) is 4.32. The van der Waals surface area contributed by atoms with Gasteiger partial charge in [-0.25, -0.2) is 4.99 Å². The molecule has 1 aromatic rings. The van der Waals surface area contributed by atoms with Gasteiger partial charge in [0.15, 0.2) is 5.96 Å². The quantitative estimate of drug-likeness (QED) is 0.327. The van der Waals surface area contributed by atoms with E-state index in [4.69, 9.17) is 9.73 Å². The van der Waals surface area contributed by atoms with E-state index < -0.39 is 0 Å². The fraction of sp³-hybridized carbons (Fsp3) is 0.650. The molecule has 2 N–H and O–H groups in total. The van der Waals surface area contributed by atoms with Gasteiger partial charge in [-0.3, -0.25) is 0 Å². The molecule has 0 radical (unpaired) electrons. The molecular weight excluding hydrogens is 439 g/mol. The third kappa shape index (κ3) is 7.31. The molecule has 0 aromatic heterocycles. The van der Waals surface area contributed by atoms with Crippen molar-refractivity contribution in [3.8, 4) is 5.75 Å². The van der Waals surface area contributed by atoms with Crippen molar-refractivity contribution in [2.24, 2.45) is 10.9 Å². The van der Waals surface area contributed by atoms with Gasteiger partial charge in [0.25, 0.3) is 0 Å². The number of halogens is 1. The maximum absolute atomic E-state index is 5.76. The van der Waals surface area contributed by atoms with Crippen molar-refractivity contribution in [3.05, 3.63) is 29.3 Å². The van der Waals surface area contributed by atoms with Gasteiger partial charge in [-0.05, 0) is 65.3 Å². The Bertz CT molecular complexity index is 571. The topological polar surface area (TPSA) is 48.9 Å². The zero-order chi connectivity index (χ0) is 18.2. The van der Waals surface area contributed by atoms with Crippen LogP contribution >= 0.6 is 24.0 Å². The van der Waals surface area contributed by atoms with E-state index in [1.54, 1.807) is 0 Å². The molecule has 0 heterocycles. The summed E-state index contributed by atoms with van der Waals surface area (Å²) in [5, 5.41) is 6.86. The first-order valence-corrected chi connectivity index (χ1v) is 9.46. The van der Waals surface area contributed by atoms with Gasteiger partial charge >= 0.3 is 0 Å². The molecule has 26 heavy (non-hydrogen) atoms. The normalized spacial score (nSPS) is 15.4. The minimum absolute atomic E-state index is 0. The monoisotopic (exact) mass is 474 g/mol. The highest BCUT2D eigenvalue weighted by molar-refractivity contribution is 14.0. The number of benzene rings is 1. The summed E-state index contributed by atoms with van der Waals surface area (Å²) >= 11 is 0. The van der Waals surface area contributed by atoms with Crippen LogP contribution in [0.5, 0.6) is 5.75 Å². The molecule has 0 aliphatic heterocycles. The van der Waals surface area contributed by atoms with Crippen LogP contribution in [0.15, 0.2) is 23.2 Å². The van der Waals surface area contributed by atoms with Crippen LogP contribution in [-0.2, 0) is 6.54 Å². The smallest absolute Gasteiger partial charge is 0.191 e. The summed E-state index contributed by atoms with van der Waals surface area (Å²) in [5.74, 6) is 2.64. The Morgan fingerprint density at radius 1 is 1.27 bits per heavy atom. The van der Waals surface area contributed by atoms with E-state index in [1.165, 1.54) is 18.4 Å². The Kier molecular flexibility index (Phi) is 10.3. The standard InChI is InChI=1S/C20H34N4O.HI/c1-6-21-20(23-14-18(24(4)5)16-10-11-16)22-13-17-9-8-15(3)12-19(17)25-7-2;/h8-9,12,16,18H,6-7,10-11,13-14H2,1-5H3,(H2,21,22,23);1H. The van der Waals surface area contributed by atoms with Gasteiger partial charge < -0.3 is 20.3 Å². The second kappa shape index (κ2) is 11.6. The van der Waals surface area contributed by atoms with Crippen LogP contribution in [0.2, 0.25) is 0 Å². The van der Waals surface area contributed by atoms with Gasteiger partial charge in [0.2, 0.25) is 0 Å². The molecule has 1 aliphatic rings. The summed E-state index contributed by atoms with van der Waals surface area (Å²) in [4.78, 5) is 7.08. The van der Waals surface area contributed by atoms with Gasteiger partial charge in [-0.2, -0.15) is 0 Å². The lowest BCUT2D eigenvalue weighted by Gasteiger charge is -2.25. The second-order valence-electron chi connectivity index (χ2n) is 6.99. The number of nitrogens with one attached hydrogen (secondary N) is 2. The highest BCUT2D eigenvalue weighted by Crippen LogP contribution is 2.34. The predicted molar refractivity (Wildman–Crippen MR) is 121 cm³/mol. The maximum atomic E-state index is 5.76. The van der Waals surface area contributed by atoms with Crippen molar-refractivity contribution in [1.82, 2.24) is 15.5 Å². The van der Waals surface area contributed by atoms with E-state index >= 15 is 0 Å². The molecule has 0 amide bonds. The number of aliphatic imine (C=N–C) groups is 1. The lowest BCUT2D eigenvalue weighted by Crippen LogP contribution is -2.46. The molecule has 2 rings (SSSR count). The molecule has 1 aliphatic carbocycles. The van der Waals surface area contributed by atoms with Crippen molar-refractivity contribution in [2.75, 3.05) is 33.8 Å². The molecule has 148 valence electrons. The molecule has 0 bridgehead atoms. The maximum Gasteiger partial charge on any atom is 0.191 e. The number of hydrogen-bond donors (Lipinski definition) is 2. The van der Waals surface area contributed by atoms with Crippen molar-refractivity contribution in [3.63, 3.8) is 0 Å². The summed E-state index contributed by atoms with van der Waals surface area (Å²) in [6, 6.07) is 6.88. The average molecular weight is 474 g/mol. The number of likely N-dealkylation sites (N-methyl/N-ethyl adjacent to an activating group) is 1. The van der Waals surface area contributed by atoms with Crippen LogP contribution < -0.4 is 15.4 Å². The highest BCUT2D eigenvalue weighted by atomic mass is 127. The third-order valence-electron chi connectivity index (χ3n) is 4.58. The molecular formula is C20H35IN4O. The molecule has 1 saturated carbocycles. The van der Waals surface area contributed by atoms with Crippen LogP contribution in [0.25, 0.3) is 0 Å². The van der Waals surface area contributed by atoms with E-state index in [2.05, 4.69) is 61.7 Å². The van der Waals surface area contributed by atoms with Gasteiger partial charge in [0.1, 0.15) is 5.75 Å². The average Bonchev–Trinajstić information content (AvgIpc) is 3.39. The lowest BCUT2D eigenvalue weighted by molar-refractivity contribution is 0.264. The first kappa shape index (κ1) is 23.0. The summed E-state index contributed by atoms with van der Waals surface area (Å²) in [5.41, 5.74) is 2.33. The minimum Gasteiger partial charge on any atom is -0.494 e. The zero-order valence-corrected chi connectivity index (χ0v) is 19.2. The SMILES string of the molecule is CCNC(=NCc1ccc(C)cc1OCC)NCC(C1CC1)N(C)C.I. The van der Waals surface area contributed by atoms with E-state index in [0.29, 0.717) is 19.2 Å². The first-order chi connectivity index (χ1) is 12.0. The van der Waals surface area contributed by atoms with Crippen LogP contribution in [0, 0.1) is 12.8 Å². The Morgan fingerprint density at radius 2 is 2.00 bits per heavy atom. The number of rotatable bonds is 9. The van der Waals surface area contributed by atoms with Crippen molar-refractivity contribution in [2.45, 2.75) is 46.2 Å². The molecule has 0 spiro atoms. The summed E-state index contributed by atoms with van der Waals surface area (Å²) in [6.45, 7) is 9.26. The minimum atomic E-state index is 0. The first-order valence-electron chi connectivity index (χ1n) is 9.46. The van der Waals surface area contributed by atoms with Gasteiger partial charge in [0.05, 0.1) is 13.2 Å². The summed E-state index contributed by atoms with van der Waals surface area (Å²) < 4.78 is 5.76. The van der Waals surface area contributed by atoms with Gasteiger partial charge in [-0.15, -0.1) is 24.0 Å². The molecule has 5 nitrogen and oxygen atoms in total. The summed E-state index contributed by atoms with van der Waals surface area (Å²) in [6.07, 6.45) is 2.69. The predicted octanol–water partition coefficient (Wildman–Crippen LogP) is 3.41. The van der Waals surface area contributed by atoms with E-state index in [1.807, 2.05) is 6.92 Å². The zero-order valence-electron chi connectivity index (χ0n) is 16.8. The van der Waals surface area contributed by atoms with E-state index in [0.717, 1.165) is 36.3 Å². The molecule has 0 saturated heterocycles. The highest BCUT2D eigenvalue weighted by Gasteiger charge is 2.32. The third-order valence-corrected chi connectivity index (χ3v) is 4.58. The van der Waals surface area contributed by atoms with Gasteiger partial charge in [0, 0.05) is 24.7 Å².